The van der Waals surface area contributed by atoms with Gasteiger partial charge in [-0.05, 0) is 43.9 Å². The van der Waals surface area contributed by atoms with Crippen LogP contribution in [0.2, 0.25) is 0 Å². The van der Waals surface area contributed by atoms with E-state index in [0.717, 1.165) is 19.3 Å². The molecule has 1 aliphatic rings. The molecule has 3 heteroatoms. The van der Waals surface area contributed by atoms with Crippen LogP contribution in [0.3, 0.4) is 0 Å². The topological polar surface area (TPSA) is 35.5 Å². The van der Waals surface area contributed by atoms with Crippen molar-refractivity contribution in [1.82, 2.24) is 0 Å². The van der Waals surface area contributed by atoms with Crippen molar-refractivity contribution in [2.75, 3.05) is 0 Å². The summed E-state index contributed by atoms with van der Waals surface area (Å²) in [6, 6.07) is 8.97. The second kappa shape index (κ2) is 6.84. The van der Waals surface area contributed by atoms with E-state index in [1.807, 2.05) is 24.3 Å². The van der Waals surface area contributed by atoms with Gasteiger partial charge in [-0.15, -0.1) is 0 Å². The van der Waals surface area contributed by atoms with Gasteiger partial charge in [-0.25, -0.2) is 4.79 Å². The number of rotatable bonds is 2. The van der Waals surface area contributed by atoms with Crippen LogP contribution in [0.25, 0.3) is 0 Å². The molecule has 1 atom stereocenters. The standard InChI is InChI=1S/C15H18O3/c16-15(18-14-11-7-4-8-12-14)17-13-9-5-2-1-3-6-10-13/h4-5,7-9,11-13H,1-3,6,10H2/b9-5+. The van der Waals surface area contributed by atoms with Gasteiger partial charge < -0.3 is 9.47 Å². The fraction of sp³-hybridized carbons (Fsp3) is 0.400. The number of para-hydroxylation sites is 1. The third kappa shape index (κ3) is 4.24. The van der Waals surface area contributed by atoms with Gasteiger partial charge in [0.15, 0.2) is 0 Å². The van der Waals surface area contributed by atoms with Crippen LogP contribution < -0.4 is 4.74 Å². The van der Waals surface area contributed by atoms with Gasteiger partial charge in [-0.2, -0.15) is 0 Å². The minimum absolute atomic E-state index is 0.151. The smallest absolute Gasteiger partial charge is 0.426 e. The minimum Gasteiger partial charge on any atom is -0.426 e. The molecule has 96 valence electrons. The maximum Gasteiger partial charge on any atom is 0.514 e. The SMILES string of the molecule is O=C(Oc1ccccc1)OC1/C=C/CCCCC1. The van der Waals surface area contributed by atoms with Crippen LogP contribution in [0.15, 0.2) is 42.5 Å². The molecular weight excluding hydrogens is 228 g/mol. The molecule has 1 aromatic carbocycles. The lowest BCUT2D eigenvalue weighted by molar-refractivity contribution is 0.0717. The predicted molar refractivity (Wildman–Crippen MR) is 69.6 cm³/mol. The van der Waals surface area contributed by atoms with Crippen molar-refractivity contribution in [3.05, 3.63) is 42.5 Å². The van der Waals surface area contributed by atoms with Crippen molar-refractivity contribution < 1.29 is 14.3 Å². The number of hydrogen-bond donors (Lipinski definition) is 0. The Hall–Kier alpha value is -1.77. The largest absolute Gasteiger partial charge is 0.514 e. The van der Waals surface area contributed by atoms with Gasteiger partial charge in [0.05, 0.1) is 0 Å². The molecule has 2 rings (SSSR count). The Bertz CT molecular complexity index is 397. The van der Waals surface area contributed by atoms with Crippen LogP contribution in [0.4, 0.5) is 4.79 Å². The highest BCUT2D eigenvalue weighted by Gasteiger charge is 2.14. The molecule has 0 N–H and O–H groups in total. The van der Waals surface area contributed by atoms with Gasteiger partial charge in [-0.1, -0.05) is 30.7 Å². The predicted octanol–water partition coefficient (Wildman–Crippen LogP) is 4.09. The van der Waals surface area contributed by atoms with Gasteiger partial charge in [0.25, 0.3) is 0 Å². The van der Waals surface area contributed by atoms with E-state index in [0.29, 0.717) is 5.75 Å². The lowest BCUT2D eigenvalue weighted by atomic mass is 10.0. The molecular formula is C15H18O3. The van der Waals surface area contributed by atoms with Crippen molar-refractivity contribution in [3.8, 4) is 5.75 Å². The van der Waals surface area contributed by atoms with Gasteiger partial charge >= 0.3 is 6.16 Å². The van der Waals surface area contributed by atoms with Crippen molar-refractivity contribution in [1.29, 1.82) is 0 Å². The molecule has 0 aromatic heterocycles. The molecule has 0 amide bonds. The molecule has 18 heavy (non-hydrogen) atoms. The van der Waals surface area contributed by atoms with Gasteiger partial charge in [0.1, 0.15) is 11.9 Å². The lowest BCUT2D eigenvalue weighted by Crippen LogP contribution is -2.19. The van der Waals surface area contributed by atoms with Crippen LogP contribution in [-0.4, -0.2) is 12.3 Å². The third-order valence-corrected chi connectivity index (χ3v) is 2.90. The summed E-state index contributed by atoms with van der Waals surface area (Å²) in [4.78, 5) is 11.6. The molecule has 0 aliphatic heterocycles. The summed E-state index contributed by atoms with van der Waals surface area (Å²) >= 11 is 0. The molecule has 1 aromatic rings. The summed E-state index contributed by atoms with van der Waals surface area (Å²) in [6.07, 6.45) is 8.71. The first-order valence-electron chi connectivity index (χ1n) is 6.45. The first-order valence-corrected chi connectivity index (χ1v) is 6.45. The average Bonchev–Trinajstić information content (AvgIpc) is 2.34. The third-order valence-electron chi connectivity index (χ3n) is 2.90. The van der Waals surface area contributed by atoms with Crippen LogP contribution >= 0.6 is 0 Å². The van der Waals surface area contributed by atoms with Crippen LogP contribution in [0.5, 0.6) is 5.75 Å². The molecule has 1 unspecified atom stereocenters. The van der Waals surface area contributed by atoms with Gasteiger partial charge in [0.2, 0.25) is 0 Å². The average molecular weight is 246 g/mol. The Balaban J connectivity index is 1.84. The van der Waals surface area contributed by atoms with Crippen LogP contribution in [0, 0.1) is 0 Å². The molecule has 0 bridgehead atoms. The first kappa shape index (κ1) is 12.7. The molecule has 0 radical (unpaired) electrons. The van der Waals surface area contributed by atoms with Gasteiger partial charge in [0, 0.05) is 0 Å². The monoisotopic (exact) mass is 246 g/mol. The fourth-order valence-corrected chi connectivity index (χ4v) is 1.96. The zero-order valence-electron chi connectivity index (χ0n) is 10.4. The van der Waals surface area contributed by atoms with E-state index in [9.17, 15) is 4.79 Å². The van der Waals surface area contributed by atoms with E-state index in [2.05, 4.69) is 6.08 Å². The normalized spacial score (nSPS) is 21.4. The van der Waals surface area contributed by atoms with Crippen molar-refractivity contribution in [3.63, 3.8) is 0 Å². The lowest BCUT2D eigenvalue weighted by Gasteiger charge is -2.15. The molecule has 0 saturated carbocycles. The van der Waals surface area contributed by atoms with E-state index < -0.39 is 6.16 Å². The summed E-state index contributed by atoms with van der Waals surface area (Å²) < 4.78 is 10.4. The Kier molecular flexibility index (Phi) is 4.82. The second-order valence-corrected chi connectivity index (χ2v) is 4.39. The summed E-state index contributed by atoms with van der Waals surface area (Å²) in [5.74, 6) is 0.511. The Labute approximate surface area is 107 Å². The van der Waals surface area contributed by atoms with E-state index in [4.69, 9.17) is 9.47 Å². The molecule has 3 nitrogen and oxygen atoms in total. The number of benzene rings is 1. The molecule has 1 aliphatic carbocycles. The molecule has 0 fully saturated rings. The summed E-state index contributed by atoms with van der Waals surface area (Å²) in [6.45, 7) is 0. The van der Waals surface area contributed by atoms with Crippen LogP contribution in [0.1, 0.15) is 32.1 Å². The maximum absolute atomic E-state index is 11.6. The highest BCUT2D eigenvalue weighted by atomic mass is 16.7. The summed E-state index contributed by atoms with van der Waals surface area (Å²) in [5, 5.41) is 0. The van der Waals surface area contributed by atoms with E-state index >= 15 is 0 Å². The number of allylic oxidation sites excluding steroid dienone is 1. The molecule has 0 spiro atoms. The molecule has 0 saturated heterocycles. The number of carbonyl (C=O) groups is 1. The fourth-order valence-electron chi connectivity index (χ4n) is 1.96. The highest BCUT2D eigenvalue weighted by Crippen LogP contribution is 2.16. The minimum atomic E-state index is -0.628. The van der Waals surface area contributed by atoms with Crippen molar-refractivity contribution in [2.45, 2.75) is 38.2 Å². The molecule has 0 heterocycles. The second-order valence-electron chi connectivity index (χ2n) is 4.39. The summed E-state index contributed by atoms with van der Waals surface area (Å²) in [5.41, 5.74) is 0. The number of hydrogen-bond acceptors (Lipinski definition) is 3. The first-order chi connectivity index (χ1) is 8.84. The quantitative estimate of drug-likeness (QED) is 0.448. The van der Waals surface area contributed by atoms with E-state index in [-0.39, 0.29) is 6.10 Å². The Morgan fingerprint density at radius 3 is 2.78 bits per heavy atom. The van der Waals surface area contributed by atoms with Crippen LogP contribution in [-0.2, 0) is 4.74 Å². The number of carbonyl (C=O) groups excluding carboxylic acids is 1. The summed E-state index contributed by atoms with van der Waals surface area (Å²) in [7, 11) is 0. The maximum atomic E-state index is 11.6. The zero-order chi connectivity index (χ0) is 12.6. The zero-order valence-corrected chi connectivity index (χ0v) is 10.4. The van der Waals surface area contributed by atoms with Gasteiger partial charge in [-0.3, -0.25) is 0 Å². The van der Waals surface area contributed by atoms with E-state index in [1.54, 1.807) is 12.1 Å². The van der Waals surface area contributed by atoms with E-state index in [1.165, 1.54) is 12.8 Å². The Morgan fingerprint density at radius 2 is 1.94 bits per heavy atom. The van der Waals surface area contributed by atoms with Crippen molar-refractivity contribution in [2.24, 2.45) is 0 Å². The number of ether oxygens (including phenoxy) is 2. The highest BCUT2D eigenvalue weighted by molar-refractivity contribution is 5.64. The Morgan fingerprint density at radius 1 is 1.11 bits per heavy atom. The van der Waals surface area contributed by atoms with Crippen molar-refractivity contribution >= 4 is 6.16 Å².